The number of hydrogen-bond donors (Lipinski definition) is 1. The van der Waals surface area contributed by atoms with E-state index in [4.69, 9.17) is 16.3 Å². The Morgan fingerprint density at radius 3 is 2.50 bits per heavy atom. The average molecular weight is 609 g/mol. The fraction of sp³-hybridized carbons (Fsp3) is 0.536. The van der Waals surface area contributed by atoms with Crippen molar-refractivity contribution in [1.82, 2.24) is 9.80 Å². The van der Waals surface area contributed by atoms with E-state index in [1.807, 2.05) is 13.8 Å². The Morgan fingerprint density at radius 1 is 1.26 bits per heavy atom. The number of alkyl halides is 1. The minimum Gasteiger partial charge on any atom is -0.394 e. The van der Waals surface area contributed by atoms with Crippen molar-refractivity contribution < 1.29 is 24.2 Å². The average Bonchev–Trinajstić information content (AvgIpc) is 3.46. The zero-order chi connectivity index (χ0) is 27.9. The highest BCUT2D eigenvalue weighted by molar-refractivity contribution is 9.09. The van der Waals surface area contributed by atoms with Crippen LogP contribution >= 0.6 is 27.5 Å². The SMILES string of the molecule is C=CCN(C)C(=O)[C@H]1[C@@H]2OC3(CC2Br)C(C(=O)N(CC=C)c2ccccc2Cl)N([C@@H](CO)C(C)C)C(=O)[C@H]13. The summed E-state index contributed by atoms with van der Waals surface area (Å²) < 4.78 is 6.59. The number of carbonyl (C=O) groups excluding carboxylic acids is 3. The van der Waals surface area contributed by atoms with Crippen LogP contribution < -0.4 is 4.90 Å². The lowest BCUT2D eigenvalue weighted by Crippen LogP contribution is -2.60. The predicted octanol–water partition coefficient (Wildman–Crippen LogP) is 3.27. The lowest BCUT2D eigenvalue weighted by molar-refractivity contribution is -0.147. The number of rotatable bonds is 10. The summed E-state index contributed by atoms with van der Waals surface area (Å²) in [5, 5.41) is 10.8. The Kier molecular flexibility index (Phi) is 8.43. The number of aliphatic hydroxyl groups is 1. The van der Waals surface area contributed by atoms with Gasteiger partial charge in [-0.25, -0.2) is 0 Å². The van der Waals surface area contributed by atoms with Gasteiger partial charge in [-0.3, -0.25) is 14.4 Å². The van der Waals surface area contributed by atoms with E-state index in [-0.39, 0.29) is 41.6 Å². The van der Waals surface area contributed by atoms with Gasteiger partial charge in [0.25, 0.3) is 5.91 Å². The van der Waals surface area contributed by atoms with Gasteiger partial charge in [0.1, 0.15) is 11.6 Å². The molecule has 10 heteroatoms. The summed E-state index contributed by atoms with van der Waals surface area (Å²) in [4.78, 5) is 46.8. The van der Waals surface area contributed by atoms with E-state index in [0.717, 1.165) is 0 Å². The van der Waals surface area contributed by atoms with E-state index in [1.54, 1.807) is 43.5 Å². The first kappa shape index (κ1) is 28.8. The molecule has 3 aliphatic heterocycles. The van der Waals surface area contributed by atoms with Gasteiger partial charge in [0.05, 0.1) is 41.3 Å². The molecule has 0 saturated carbocycles. The molecule has 7 atom stereocenters. The van der Waals surface area contributed by atoms with E-state index in [1.165, 1.54) is 14.7 Å². The molecule has 3 unspecified atom stereocenters. The molecule has 2 bridgehead atoms. The van der Waals surface area contributed by atoms with Crippen molar-refractivity contribution in [3.63, 3.8) is 0 Å². The molecule has 0 aromatic heterocycles. The summed E-state index contributed by atoms with van der Waals surface area (Å²) in [5.41, 5.74) is -0.761. The van der Waals surface area contributed by atoms with Gasteiger partial charge in [-0.05, 0) is 24.5 Å². The van der Waals surface area contributed by atoms with Crippen molar-refractivity contribution in [3.05, 3.63) is 54.6 Å². The molecule has 0 radical (unpaired) electrons. The van der Waals surface area contributed by atoms with Crippen LogP contribution in [-0.4, -0.2) is 88.0 Å². The number of nitrogens with zero attached hydrogens (tertiary/aromatic N) is 3. The number of anilines is 1. The van der Waals surface area contributed by atoms with Gasteiger partial charge in [-0.1, -0.05) is 65.7 Å². The van der Waals surface area contributed by atoms with E-state index < -0.39 is 35.6 Å². The molecule has 1 spiro atoms. The number of aliphatic hydroxyl groups excluding tert-OH is 1. The number of carbonyl (C=O) groups is 3. The Hall–Kier alpha value is -2.20. The van der Waals surface area contributed by atoms with Gasteiger partial charge < -0.3 is 24.5 Å². The summed E-state index contributed by atoms with van der Waals surface area (Å²) in [7, 11) is 1.67. The molecule has 3 aliphatic rings. The molecule has 1 N–H and O–H groups in total. The van der Waals surface area contributed by atoms with Crippen molar-refractivity contribution in [3.8, 4) is 0 Å². The lowest BCUT2D eigenvalue weighted by atomic mass is 9.70. The number of amides is 3. The third kappa shape index (κ3) is 4.41. The van der Waals surface area contributed by atoms with Crippen LogP contribution in [-0.2, 0) is 19.1 Å². The number of fused-ring (bicyclic) bond motifs is 1. The number of benzene rings is 1. The number of halogens is 2. The van der Waals surface area contributed by atoms with Gasteiger partial charge >= 0.3 is 0 Å². The highest BCUT2D eigenvalue weighted by Crippen LogP contribution is 2.61. The van der Waals surface area contributed by atoms with Crippen molar-refractivity contribution in [2.24, 2.45) is 17.8 Å². The first-order valence-electron chi connectivity index (χ1n) is 12.8. The number of ether oxygens (including phenoxy) is 1. The second-order valence-electron chi connectivity index (χ2n) is 10.6. The van der Waals surface area contributed by atoms with E-state index in [0.29, 0.717) is 23.7 Å². The molecule has 38 heavy (non-hydrogen) atoms. The zero-order valence-corrected chi connectivity index (χ0v) is 24.3. The molecule has 1 aromatic carbocycles. The zero-order valence-electron chi connectivity index (χ0n) is 21.9. The molecule has 8 nitrogen and oxygen atoms in total. The maximum absolute atomic E-state index is 14.6. The summed E-state index contributed by atoms with van der Waals surface area (Å²) in [6, 6.07) is 5.28. The smallest absolute Gasteiger partial charge is 0.253 e. The van der Waals surface area contributed by atoms with Crippen molar-refractivity contribution in [1.29, 1.82) is 0 Å². The maximum atomic E-state index is 14.6. The Bertz CT molecular complexity index is 1130. The molecule has 0 aliphatic carbocycles. The topological polar surface area (TPSA) is 90.4 Å². The quantitative estimate of drug-likeness (QED) is 0.325. The number of likely N-dealkylation sites (N-methyl/N-ethyl adjacent to an activating group) is 1. The molecular weight excluding hydrogens is 574 g/mol. The first-order chi connectivity index (χ1) is 18.0. The van der Waals surface area contributed by atoms with E-state index in [9.17, 15) is 19.5 Å². The van der Waals surface area contributed by atoms with Gasteiger partial charge in [-0.2, -0.15) is 0 Å². The third-order valence-electron chi connectivity index (χ3n) is 8.06. The van der Waals surface area contributed by atoms with Crippen LogP contribution in [0.15, 0.2) is 49.6 Å². The van der Waals surface area contributed by atoms with Crippen molar-refractivity contribution >= 4 is 50.9 Å². The van der Waals surface area contributed by atoms with Crippen LogP contribution in [0.2, 0.25) is 5.02 Å². The number of para-hydroxylation sites is 1. The van der Waals surface area contributed by atoms with Crippen LogP contribution in [0.1, 0.15) is 20.3 Å². The van der Waals surface area contributed by atoms with E-state index >= 15 is 0 Å². The summed E-state index contributed by atoms with van der Waals surface area (Å²) in [5.74, 6) is -2.75. The van der Waals surface area contributed by atoms with Crippen LogP contribution in [0, 0.1) is 17.8 Å². The second kappa shape index (κ2) is 11.1. The molecule has 3 heterocycles. The second-order valence-corrected chi connectivity index (χ2v) is 12.2. The highest BCUT2D eigenvalue weighted by Gasteiger charge is 2.77. The summed E-state index contributed by atoms with van der Waals surface area (Å²) >= 11 is 10.2. The predicted molar refractivity (Wildman–Crippen MR) is 150 cm³/mol. The van der Waals surface area contributed by atoms with Crippen molar-refractivity contribution in [2.75, 3.05) is 31.6 Å². The summed E-state index contributed by atoms with van der Waals surface area (Å²) in [6.07, 6.45) is 3.03. The minimum atomic E-state index is -1.24. The van der Waals surface area contributed by atoms with Crippen molar-refractivity contribution in [2.45, 2.75) is 48.9 Å². The maximum Gasteiger partial charge on any atom is 0.253 e. The Balaban J connectivity index is 1.87. The summed E-state index contributed by atoms with van der Waals surface area (Å²) in [6.45, 7) is 11.5. The molecule has 3 saturated heterocycles. The van der Waals surface area contributed by atoms with Gasteiger partial charge in [0, 0.05) is 25.0 Å². The Labute approximate surface area is 237 Å². The lowest BCUT2D eigenvalue weighted by Gasteiger charge is -2.40. The van der Waals surface area contributed by atoms with E-state index in [2.05, 4.69) is 29.1 Å². The number of likely N-dealkylation sites (tertiary alicyclic amines) is 1. The van der Waals surface area contributed by atoms with Gasteiger partial charge in [-0.15, -0.1) is 13.2 Å². The fourth-order valence-corrected chi connectivity index (χ4v) is 7.58. The molecule has 3 fully saturated rings. The first-order valence-corrected chi connectivity index (χ1v) is 14.1. The van der Waals surface area contributed by atoms with Crippen LogP contribution in [0.4, 0.5) is 5.69 Å². The van der Waals surface area contributed by atoms with Crippen LogP contribution in [0.25, 0.3) is 0 Å². The molecule has 206 valence electrons. The molecule has 4 rings (SSSR count). The fourth-order valence-electron chi connectivity index (χ4n) is 6.40. The minimum absolute atomic E-state index is 0.152. The van der Waals surface area contributed by atoms with Gasteiger partial charge in [0.15, 0.2) is 0 Å². The standard InChI is InChI=1S/C28H35BrClN3O5/c1-6-12-31(5)25(35)21-22-26(36)33(20(15-34)16(3)4)24(28(22)14-17(29)23(21)38-28)27(37)32(13-7-2)19-11-9-8-10-18(19)30/h6-11,16-17,20-24,34H,1-2,12-15H2,3-5H3/t17?,20-,21+,22-,23+,24?,28?/m0/s1. The molecule has 3 amide bonds. The Morgan fingerprint density at radius 2 is 1.92 bits per heavy atom. The highest BCUT2D eigenvalue weighted by atomic mass is 79.9. The van der Waals surface area contributed by atoms with Crippen LogP contribution in [0.3, 0.4) is 0 Å². The van der Waals surface area contributed by atoms with Gasteiger partial charge in [0.2, 0.25) is 11.8 Å². The number of hydrogen-bond acceptors (Lipinski definition) is 5. The monoisotopic (exact) mass is 607 g/mol. The molecular formula is C28H35BrClN3O5. The largest absolute Gasteiger partial charge is 0.394 e. The third-order valence-corrected chi connectivity index (χ3v) is 9.22. The molecule has 1 aromatic rings. The normalized spacial score (nSPS) is 30.3. The van der Waals surface area contributed by atoms with Crippen LogP contribution in [0.5, 0.6) is 0 Å².